The number of benzene rings is 1. The van der Waals surface area contributed by atoms with Gasteiger partial charge in [0, 0.05) is 11.9 Å². The fourth-order valence-electron chi connectivity index (χ4n) is 3.08. The molecular weight excluding hydrogens is 386 g/mol. The van der Waals surface area contributed by atoms with Crippen molar-refractivity contribution in [3.05, 3.63) is 68.4 Å². The number of rotatable bonds is 7. The predicted octanol–water partition coefficient (Wildman–Crippen LogP) is 4.66. The first-order chi connectivity index (χ1) is 13.9. The minimum atomic E-state index is -0.371. The Balaban J connectivity index is 1.98. The highest BCUT2D eigenvalue weighted by Gasteiger charge is 2.21. The maximum Gasteiger partial charge on any atom is 0.341 e. The third-order valence-corrected chi connectivity index (χ3v) is 5.33. The number of aromatic amines is 1. The van der Waals surface area contributed by atoms with Gasteiger partial charge in [0.15, 0.2) is 0 Å². The highest BCUT2D eigenvalue weighted by molar-refractivity contribution is 7.14. The van der Waals surface area contributed by atoms with Gasteiger partial charge in [0.2, 0.25) is 0 Å². The molecule has 152 valence electrons. The standard InChI is InChI=1S/C22H25N3O3S/c1-5-28-22(27)19-16(11-14(2)3)13-29-20(19)23-12-18-15(4)24-25(21(18)26)17-9-7-6-8-10-17/h6-10,12-14,24H,5,11H2,1-4H3/b23-12+. The second-order valence-corrected chi connectivity index (χ2v) is 8.00. The molecule has 7 heteroatoms. The molecule has 2 heterocycles. The van der Waals surface area contributed by atoms with Crippen molar-refractivity contribution in [2.75, 3.05) is 6.61 Å². The summed E-state index contributed by atoms with van der Waals surface area (Å²) in [6, 6.07) is 9.36. The van der Waals surface area contributed by atoms with Gasteiger partial charge in [-0.25, -0.2) is 14.5 Å². The molecule has 0 unspecified atom stereocenters. The average molecular weight is 412 g/mol. The Labute approximate surface area is 173 Å². The summed E-state index contributed by atoms with van der Waals surface area (Å²) in [5.74, 6) is 0.0311. The quantitative estimate of drug-likeness (QED) is 0.454. The zero-order chi connectivity index (χ0) is 21.0. The van der Waals surface area contributed by atoms with Gasteiger partial charge in [-0.2, -0.15) is 0 Å². The second-order valence-electron chi connectivity index (χ2n) is 7.14. The number of hydrogen-bond acceptors (Lipinski definition) is 5. The van der Waals surface area contributed by atoms with Crippen LogP contribution in [0.4, 0.5) is 5.00 Å². The van der Waals surface area contributed by atoms with Gasteiger partial charge in [-0.1, -0.05) is 32.0 Å². The molecule has 3 aromatic rings. The molecule has 2 aromatic heterocycles. The predicted molar refractivity (Wildman–Crippen MR) is 117 cm³/mol. The summed E-state index contributed by atoms with van der Waals surface area (Å²) < 4.78 is 6.72. The lowest BCUT2D eigenvalue weighted by Gasteiger charge is -2.07. The van der Waals surface area contributed by atoms with Crippen LogP contribution < -0.4 is 5.56 Å². The number of para-hydroxylation sites is 1. The van der Waals surface area contributed by atoms with Gasteiger partial charge >= 0.3 is 5.97 Å². The van der Waals surface area contributed by atoms with Crippen molar-refractivity contribution in [2.24, 2.45) is 10.9 Å². The van der Waals surface area contributed by atoms with Crippen LogP contribution in [0.2, 0.25) is 0 Å². The molecule has 6 nitrogen and oxygen atoms in total. The van der Waals surface area contributed by atoms with Crippen LogP contribution in [-0.4, -0.2) is 28.6 Å². The molecular formula is C22H25N3O3S. The summed E-state index contributed by atoms with van der Waals surface area (Å²) in [5, 5.41) is 5.59. The smallest absolute Gasteiger partial charge is 0.341 e. The number of aryl methyl sites for hydroxylation is 1. The Morgan fingerprint density at radius 1 is 1.31 bits per heavy atom. The van der Waals surface area contributed by atoms with E-state index >= 15 is 0 Å². The summed E-state index contributed by atoms with van der Waals surface area (Å²) in [4.78, 5) is 29.8. The number of esters is 1. The molecule has 0 radical (unpaired) electrons. The van der Waals surface area contributed by atoms with Crippen molar-refractivity contribution in [3.8, 4) is 5.69 Å². The van der Waals surface area contributed by atoms with Crippen LogP contribution in [0, 0.1) is 12.8 Å². The molecule has 1 aromatic carbocycles. The minimum absolute atomic E-state index is 0.186. The number of aliphatic imine (C=N–C) groups is 1. The molecule has 0 saturated heterocycles. The molecule has 29 heavy (non-hydrogen) atoms. The van der Waals surface area contributed by atoms with E-state index in [0.717, 1.165) is 17.7 Å². The fourth-order valence-corrected chi connectivity index (χ4v) is 4.00. The molecule has 0 bridgehead atoms. The van der Waals surface area contributed by atoms with Crippen LogP contribution in [0.1, 0.15) is 48.0 Å². The number of thiophene rings is 1. The molecule has 3 rings (SSSR count). The van der Waals surface area contributed by atoms with Crippen molar-refractivity contribution >= 4 is 28.5 Å². The van der Waals surface area contributed by atoms with Crippen LogP contribution in [0.25, 0.3) is 5.69 Å². The van der Waals surface area contributed by atoms with Crippen molar-refractivity contribution in [3.63, 3.8) is 0 Å². The first kappa shape index (κ1) is 20.8. The first-order valence-electron chi connectivity index (χ1n) is 9.61. The normalized spacial score (nSPS) is 11.5. The van der Waals surface area contributed by atoms with Gasteiger partial charge in [-0.05, 0) is 49.3 Å². The minimum Gasteiger partial charge on any atom is -0.462 e. The van der Waals surface area contributed by atoms with Gasteiger partial charge in [0.05, 0.1) is 23.4 Å². The fraction of sp³-hybridized carbons (Fsp3) is 0.318. The van der Waals surface area contributed by atoms with Crippen LogP contribution in [0.5, 0.6) is 0 Å². The zero-order valence-electron chi connectivity index (χ0n) is 17.1. The number of nitrogens with zero attached hydrogens (tertiary/aromatic N) is 2. The number of carbonyl (C=O) groups is 1. The van der Waals surface area contributed by atoms with Crippen LogP contribution >= 0.6 is 11.3 Å². The Bertz CT molecular complexity index is 1070. The molecule has 0 aliphatic rings. The number of ether oxygens (including phenoxy) is 1. The van der Waals surface area contributed by atoms with E-state index in [4.69, 9.17) is 4.74 Å². The Morgan fingerprint density at radius 3 is 2.69 bits per heavy atom. The Kier molecular flexibility index (Phi) is 6.49. The van der Waals surface area contributed by atoms with E-state index in [2.05, 4.69) is 23.9 Å². The molecule has 0 spiro atoms. The molecule has 0 fully saturated rings. The number of carbonyl (C=O) groups excluding carboxylic acids is 1. The van der Waals surface area contributed by atoms with E-state index in [1.165, 1.54) is 22.2 Å². The second kappa shape index (κ2) is 9.05. The van der Waals surface area contributed by atoms with Crippen molar-refractivity contribution in [2.45, 2.75) is 34.1 Å². The van der Waals surface area contributed by atoms with Gasteiger partial charge in [-0.3, -0.25) is 9.89 Å². The highest BCUT2D eigenvalue weighted by atomic mass is 32.1. The maximum atomic E-state index is 12.8. The van der Waals surface area contributed by atoms with Crippen molar-refractivity contribution < 1.29 is 9.53 Å². The average Bonchev–Trinajstić information content (AvgIpc) is 3.21. The maximum absolute atomic E-state index is 12.8. The molecule has 0 aliphatic carbocycles. The summed E-state index contributed by atoms with van der Waals surface area (Å²) >= 11 is 1.39. The molecule has 0 amide bonds. The van der Waals surface area contributed by atoms with E-state index in [1.807, 2.05) is 42.6 Å². The van der Waals surface area contributed by atoms with Crippen molar-refractivity contribution in [1.29, 1.82) is 0 Å². The lowest BCUT2D eigenvalue weighted by Crippen LogP contribution is -2.17. The summed E-state index contributed by atoms with van der Waals surface area (Å²) in [7, 11) is 0. The molecule has 1 N–H and O–H groups in total. The largest absolute Gasteiger partial charge is 0.462 e. The van der Waals surface area contributed by atoms with Crippen LogP contribution in [0.3, 0.4) is 0 Å². The zero-order valence-corrected chi connectivity index (χ0v) is 17.9. The van der Waals surface area contributed by atoms with Crippen molar-refractivity contribution in [1.82, 2.24) is 9.78 Å². The van der Waals surface area contributed by atoms with Crippen LogP contribution in [0.15, 0.2) is 45.5 Å². The molecule has 0 atom stereocenters. The number of nitrogens with one attached hydrogen (secondary N) is 1. The van der Waals surface area contributed by atoms with E-state index in [9.17, 15) is 9.59 Å². The number of aromatic nitrogens is 2. The lowest BCUT2D eigenvalue weighted by molar-refractivity contribution is 0.0526. The lowest BCUT2D eigenvalue weighted by atomic mass is 10.0. The van der Waals surface area contributed by atoms with Crippen LogP contribution in [-0.2, 0) is 11.2 Å². The van der Waals surface area contributed by atoms with Gasteiger partial charge < -0.3 is 4.74 Å². The third-order valence-electron chi connectivity index (χ3n) is 4.40. The topological polar surface area (TPSA) is 76.4 Å². The SMILES string of the molecule is CCOC(=O)c1c(CC(C)C)csc1/N=C/c1c(C)[nH]n(-c2ccccc2)c1=O. The van der Waals surface area contributed by atoms with Gasteiger partial charge in [-0.15, -0.1) is 11.3 Å². The first-order valence-corrected chi connectivity index (χ1v) is 10.5. The van der Waals surface area contributed by atoms with Gasteiger partial charge in [0.25, 0.3) is 5.56 Å². The van der Waals surface area contributed by atoms with E-state index in [1.54, 1.807) is 6.92 Å². The monoisotopic (exact) mass is 411 g/mol. The van der Waals surface area contributed by atoms with E-state index in [-0.39, 0.29) is 11.5 Å². The summed E-state index contributed by atoms with van der Waals surface area (Å²) in [5.41, 5.74) is 3.17. The Hall–Kier alpha value is -2.93. The Morgan fingerprint density at radius 2 is 2.03 bits per heavy atom. The van der Waals surface area contributed by atoms with E-state index < -0.39 is 0 Å². The summed E-state index contributed by atoms with van der Waals surface area (Å²) in [6.07, 6.45) is 2.30. The molecule has 0 aliphatic heterocycles. The number of H-pyrrole nitrogens is 1. The summed E-state index contributed by atoms with van der Waals surface area (Å²) in [6.45, 7) is 8.12. The molecule has 0 saturated carbocycles. The van der Waals surface area contributed by atoms with Gasteiger partial charge in [0.1, 0.15) is 5.00 Å². The highest BCUT2D eigenvalue weighted by Crippen LogP contribution is 2.33. The van der Waals surface area contributed by atoms with E-state index in [0.29, 0.717) is 34.3 Å². The number of hydrogen-bond donors (Lipinski definition) is 1. The third kappa shape index (κ3) is 4.56.